The van der Waals surface area contributed by atoms with Crippen molar-refractivity contribution in [1.29, 1.82) is 0 Å². The molecule has 3 heterocycles. The number of fused-ring (bicyclic) bond motifs is 1. The van der Waals surface area contributed by atoms with E-state index >= 15 is 4.39 Å². The van der Waals surface area contributed by atoms with Crippen LogP contribution < -0.4 is 15.4 Å². The number of anilines is 2. The Morgan fingerprint density at radius 2 is 1.73 bits per heavy atom. The Hall–Kier alpha value is -4.38. The lowest BCUT2D eigenvalue weighted by Gasteiger charge is -2.27. The number of nitrogens with zero attached hydrogens (tertiary/aromatic N) is 4. The third-order valence-corrected chi connectivity index (χ3v) is 7.92. The van der Waals surface area contributed by atoms with Crippen LogP contribution in [0.3, 0.4) is 0 Å². The predicted octanol–water partition coefficient (Wildman–Crippen LogP) is 4.99. The van der Waals surface area contributed by atoms with Gasteiger partial charge in [-0.1, -0.05) is 6.42 Å². The van der Waals surface area contributed by atoms with Crippen molar-refractivity contribution in [1.82, 2.24) is 20.1 Å². The summed E-state index contributed by atoms with van der Waals surface area (Å²) in [7, 11) is 0. The van der Waals surface area contributed by atoms with Gasteiger partial charge in [0.25, 0.3) is 0 Å². The van der Waals surface area contributed by atoms with Crippen LogP contribution in [0, 0.1) is 17.0 Å². The van der Waals surface area contributed by atoms with E-state index in [2.05, 4.69) is 20.1 Å². The number of hydrogen-bond donors (Lipinski definition) is 2. The zero-order valence-electron chi connectivity index (χ0n) is 22.4. The number of aromatic nitrogens is 3. The topological polar surface area (TPSA) is 117 Å². The number of pyridine rings is 1. The maximum atomic E-state index is 15.6. The summed E-state index contributed by atoms with van der Waals surface area (Å²) in [6.45, 7) is 3.00. The first-order chi connectivity index (χ1) is 19.9. The first kappa shape index (κ1) is 26.8. The molecule has 1 saturated carbocycles. The van der Waals surface area contributed by atoms with E-state index in [9.17, 15) is 14.0 Å². The minimum atomic E-state index is -1.37. The maximum absolute atomic E-state index is 15.6. The lowest BCUT2D eigenvalue weighted by Crippen LogP contribution is -2.41. The van der Waals surface area contributed by atoms with E-state index in [1.54, 1.807) is 12.3 Å². The van der Waals surface area contributed by atoms with E-state index in [0.29, 0.717) is 36.0 Å². The maximum Gasteiger partial charge on any atom is 0.247 e. The Balaban J connectivity index is 1.29. The van der Waals surface area contributed by atoms with Crippen molar-refractivity contribution >= 4 is 34.2 Å². The lowest BCUT2D eigenvalue weighted by molar-refractivity contribution is -0.133. The highest BCUT2D eigenvalue weighted by Crippen LogP contribution is 2.49. The van der Waals surface area contributed by atoms with Gasteiger partial charge in [0.1, 0.15) is 17.0 Å². The summed E-state index contributed by atoms with van der Waals surface area (Å²) in [5.74, 6) is -2.21. The molecule has 3 N–H and O–H groups in total. The molecule has 0 bridgehead atoms. The Morgan fingerprint density at radius 3 is 2.41 bits per heavy atom. The fourth-order valence-corrected chi connectivity index (χ4v) is 5.41. The highest BCUT2D eigenvalue weighted by atomic mass is 19.1. The second-order valence-corrected chi connectivity index (χ2v) is 10.6. The van der Waals surface area contributed by atoms with Crippen molar-refractivity contribution in [2.24, 2.45) is 11.1 Å². The zero-order chi connectivity index (χ0) is 28.6. The molecule has 1 saturated heterocycles. The van der Waals surface area contributed by atoms with Crippen molar-refractivity contribution in [2.75, 3.05) is 24.5 Å². The van der Waals surface area contributed by atoms with Crippen LogP contribution in [0.15, 0.2) is 54.7 Å². The molecule has 2 aromatic carbocycles. The molecule has 0 unspecified atom stereocenters. The molecule has 0 radical (unpaired) electrons. The van der Waals surface area contributed by atoms with Crippen LogP contribution in [0.2, 0.25) is 0 Å². The Morgan fingerprint density at radius 1 is 1.00 bits per heavy atom. The molecule has 0 spiro atoms. The smallest absolute Gasteiger partial charge is 0.247 e. The molecule has 1 aliphatic carbocycles. The molecule has 4 aromatic rings. The number of amides is 2. The number of rotatable bonds is 9. The molecule has 2 aromatic heterocycles. The van der Waals surface area contributed by atoms with Crippen LogP contribution in [-0.2, 0) is 16.0 Å². The number of nitrogens with two attached hydrogens (primary N) is 1. The van der Waals surface area contributed by atoms with Crippen molar-refractivity contribution in [3.05, 3.63) is 72.1 Å². The van der Waals surface area contributed by atoms with E-state index in [1.807, 2.05) is 0 Å². The van der Waals surface area contributed by atoms with Gasteiger partial charge in [0.05, 0.1) is 16.8 Å². The highest BCUT2D eigenvalue weighted by Gasteiger charge is 2.57. The van der Waals surface area contributed by atoms with Crippen LogP contribution >= 0.6 is 0 Å². The number of benzene rings is 2. The van der Waals surface area contributed by atoms with Gasteiger partial charge in [-0.15, -0.1) is 0 Å². The van der Waals surface area contributed by atoms with Gasteiger partial charge in [0.2, 0.25) is 11.8 Å². The SMILES string of the molecule is NC(=O)C1(C(=O)N(c2ccc(F)cc2)c2ccc(Oc3ccnc4[nH]nc(CCN5CCCCC5)c34)c(F)c2)CC1. The molecule has 1 aliphatic heterocycles. The van der Waals surface area contributed by atoms with Crippen LogP contribution in [0.25, 0.3) is 11.0 Å². The first-order valence-corrected chi connectivity index (χ1v) is 13.8. The number of aromatic amines is 1. The second-order valence-electron chi connectivity index (χ2n) is 10.6. The largest absolute Gasteiger partial charge is 0.453 e. The number of ether oxygens (including phenoxy) is 1. The van der Waals surface area contributed by atoms with Gasteiger partial charge < -0.3 is 15.4 Å². The monoisotopic (exact) mass is 560 g/mol. The normalized spacial score (nSPS) is 16.4. The average Bonchev–Trinajstić information content (AvgIpc) is 3.70. The molecule has 11 heteroatoms. The van der Waals surface area contributed by atoms with Crippen molar-refractivity contribution in [3.63, 3.8) is 0 Å². The summed E-state index contributed by atoms with van der Waals surface area (Å²) in [6, 6.07) is 10.9. The van der Waals surface area contributed by atoms with E-state index in [4.69, 9.17) is 10.5 Å². The van der Waals surface area contributed by atoms with Crippen molar-refractivity contribution in [2.45, 2.75) is 38.5 Å². The third-order valence-electron chi connectivity index (χ3n) is 7.92. The molecule has 2 fully saturated rings. The molecular weight excluding hydrogens is 530 g/mol. The number of likely N-dealkylation sites (tertiary alicyclic amines) is 1. The molecule has 0 atom stereocenters. The zero-order valence-corrected chi connectivity index (χ0v) is 22.4. The minimum Gasteiger partial charge on any atom is -0.453 e. The lowest BCUT2D eigenvalue weighted by atomic mass is 10.0. The second kappa shape index (κ2) is 10.9. The average molecular weight is 561 g/mol. The predicted molar refractivity (Wildman–Crippen MR) is 149 cm³/mol. The standard InChI is InChI=1S/C30H30F2N6O3/c31-19-4-6-20(7-5-19)38(29(40)30(12-13-30)28(33)39)21-8-9-24(22(32)18-21)41-25-10-14-34-27-26(25)23(35-36-27)11-17-37-15-2-1-3-16-37/h4-10,14,18H,1-3,11-13,15-17H2,(H2,33,39)(H,34,35,36). The van der Waals surface area contributed by atoms with Gasteiger partial charge in [0.15, 0.2) is 17.2 Å². The number of primary amides is 1. The Labute approximate surface area is 235 Å². The fourth-order valence-electron chi connectivity index (χ4n) is 5.41. The fraction of sp³-hybridized carbons (Fsp3) is 0.333. The summed E-state index contributed by atoms with van der Waals surface area (Å²) >= 11 is 0. The van der Waals surface area contributed by atoms with E-state index < -0.39 is 28.9 Å². The van der Waals surface area contributed by atoms with E-state index in [-0.39, 0.29) is 17.1 Å². The van der Waals surface area contributed by atoms with Crippen LogP contribution in [0.4, 0.5) is 20.2 Å². The summed E-state index contributed by atoms with van der Waals surface area (Å²) in [5.41, 5.74) is 5.96. The van der Waals surface area contributed by atoms with Gasteiger partial charge in [-0.3, -0.25) is 19.6 Å². The van der Waals surface area contributed by atoms with Crippen LogP contribution in [0.5, 0.6) is 11.5 Å². The molecule has 41 heavy (non-hydrogen) atoms. The van der Waals surface area contributed by atoms with Gasteiger partial charge in [-0.05, 0) is 81.2 Å². The molecule has 212 valence electrons. The molecule has 6 rings (SSSR count). The molecule has 2 amide bonds. The van der Waals surface area contributed by atoms with Gasteiger partial charge >= 0.3 is 0 Å². The van der Waals surface area contributed by atoms with E-state index in [1.165, 1.54) is 60.6 Å². The highest BCUT2D eigenvalue weighted by molar-refractivity contribution is 6.16. The Bertz CT molecular complexity index is 1600. The minimum absolute atomic E-state index is 0.0630. The number of H-pyrrole nitrogens is 1. The summed E-state index contributed by atoms with van der Waals surface area (Å²) in [4.78, 5) is 33.6. The van der Waals surface area contributed by atoms with Crippen LogP contribution in [0.1, 0.15) is 37.8 Å². The third kappa shape index (κ3) is 5.24. The van der Waals surface area contributed by atoms with Gasteiger partial charge in [-0.2, -0.15) is 5.10 Å². The summed E-state index contributed by atoms with van der Waals surface area (Å²) in [5, 5.41) is 8.08. The number of halogens is 2. The molecular formula is C30H30F2N6O3. The number of carbonyl (C=O) groups is 2. The number of hydrogen-bond acceptors (Lipinski definition) is 6. The number of piperidine rings is 1. The first-order valence-electron chi connectivity index (χ1n) is 13.8. The molecule has 9 nitrogen and oxygen atoms in total. The quantitative estimate of drug-likeness (QED) is 0.279. The van der Waals surface area contributed by atoms with E-state index in [0.717, 1.165) is 31.4 Å². The van der Waals surface area contributed by atoms with Gasteiger partial charge in [0, 0.05) is 30.9 Å². The van der Waals surface area contributed by atoms with Crippen molar-refractivity contribution < 1.29 is 23.1 Å². The van der Waals surface area contributed by atoms with Crippen molar-refractivity contribution in [3.8, 4) is 11.5 Å². The number of nitrogens with one attached hydrogen (secondary N) is 1. The van der Waals surface area contributed by atoms with Gasteiger partial charge in [-0.25, -0.2) is 13.8 Å². The Kier molecular flexibility index (Phi) is 7.12. The summed E-state index contributed by atoms with van der Waals surface area (Å²) in [6.07, 6.45) is 6.50. The number of carbonyl (C=O) groups excluding carboxylic acids is 2. The summed E-state index contributed by atoms with van der Waals surface area (Å²) < 4.78 is 35.2. The molecule has 2 aliphatic rings. The van der Waals surface area contributed by atoms with Crippen LogP contribution in [-0.4, -0.2) is 51.5 Å².